The minimum atomic E-state index is -0.329. The quantitative estimate of drug-likeness (QED) is 0.678. The van der Waals surface area contributed by atoms with Gasteiger partial charge >= 0.3 is 5.82 Å². The van der Waals surface area contributed by atoms with Gasteiger partial charge in [0, 0.05) is 12.1 Å². The molecule has 1 amide bonds. The molecule has 0 saturated heterocycles. The summed E-state index contributed by atoms with van der Waals surface area (Å²) in [4.78, 5) is 18.3. The Hall–Kier alpha value is -3.09. The van der Waals surface area contributed by atoms with E-state index in [-0.39, 0.29) is 5.91 Å². The third-order valence-corrected chi connectivity index (χ3v) is 4.22. The first-order chi connectivity index (χ1) is 12.6. The monoisotopic (exact) mass is 355 g/mol. The highest BCUT2D eigenvalue weighted by atomic mass is 16.6. The second kappa shape index (κ2) is 7.43. The maximum Gasteiger partial charge on any atom is 0.315 e. The second-order valence-corrected chi connectivity index (χ2v) is 6.07. The van der Waals surface area contributed by atoms with E-state index in [9.17, 15) is 4.79 Å². The van der Waals surface area contributed by atoms with Crippen molar-refractivity contribution in [3.8, 4) is 0 Å². The minimum absolute atomic E-state index is 0.329. The molecule has 136 valence electrons. The Labute approximate surface area is 152 Å². The van der Waals surface area contributed by atoms with Crippen LogP contribution in [0.2, 0.25) is 0 Å². The first-order valence-corrected chi connectivity index (χ1v) is 8.47. The summed E-state index contributed by atoms with van der Waals surface area (Å²) in [6, 6.07) is 5.81. The lowest BCUT2D eigenvalue weighted by molar-refractivity contribution is -0.875. The Morgan fingerprint density at radius 3 is 2.69 bits per heavy atom. The molecule has 1 aromatic heterocycles. The van der Waals surface area contributed by atoms with Crippen molar-refractivity contribution in [1.82, 2.24) is 5.32 Å². The van der Waals surface area contributed by atoms with Crippen LogP contribution < -0.4 is 20.2 Å². The fourth-order valence-corrected chi connectivity index (χ4v) is 2.69. The second-order valence-electron chi connectivity index (χ2n) is 6.07. The van der Waals surface area contributed by atoms with E-state index in [1.807, 2.05) is 25.1 Å². The Kier molecular flexibility index (Phi) is 5.06. The molecule has 3 N–H and O–H groups in total. The van der Waals surface area contributed by atoms with Crippen LogP contribution in [0.1, 0.15) is 30.3 Å². The molecule has 0 radical (unpaired) electrons. The number of aromatic nitrogens is 1. The lowest BCUT2D eigenvalue weighted by Crippen LogP contribution is -2.50. The third-order valence-electron chi connectivity index (χ3n) is 4.22. The molecular formula is C19H23N4O3+. The van der Waals surface area contributed by atoms with Gasteiger partial charge in [-0.1, -0.05) is 6.08 Å². The number of nitrogens with one attached hydrogen (secondary N) is 3. The molecule has 26 heavy (non-hydrogen) atoms. The molecule has 1 aromatic rings. The van der Waals surface area contributed by atoms with Crippen LogP contribution in [-0.2, 0) is 4.74 Å². The van der Waals surface area contributed by atoms with Gasteiger partial charge in [0.1, 0.15) is 12.9 Å². The Balaban J connectivity index is 1.87. The number of carbonyl (C=O) groups excluding carboxylic acids is 1. The van der Waals surface area contributed by atoms with Gasteiger partial charge in [-0.3, -0.25) is 10.1 Å². The molecular weight excluding hydrogens is 332 g/mol. The van der Waals surface area contributed by atoms with E-state index in [0.29, 0.717) is 34.5 Å². The molecule has 0 unspecified atom stereocenters. The normalized spacial score (nSPS) is 18.1. The molecule has 0 aliphatic heterocycles. The first kappa shape index (κ1) is 17.7. The van der Waals surface area contributed by atoms with Crippen molar-refractivity contribution in [3.05, 3.63) is 59.2 Å². The summed E-state index contributed by atoms with van der Waals surface area (Å²) in [5, 5.41) is 14.2. The van der Waals surface area contributed by atoms with Crippen molar-refractivity contribution in [2.24, 2.45) is 0 Å². The van der Waals surface area contributed by atoms with Crippen LogP contribution in [0.5, 0.6) is 0 Å². The maximum atomic E-state index is 12.8. The molecule has 3 rings (SSSR count). The summed E-state index contributed by atoms with van der Waals surface area (Å²) in [6.07, 6.45) is 7.36. The SMILES string of the molecule is C/C=C1/C=C(NC(=O)c2cccc(NC3CC3)[n+]2OC)C(OC)=CC1=N. The fraction of sp³-hybridized carbons (Fsp3) is 0.316. The molecule has 0 atom stereocenters. The molecule has 0 aromatic carbocycles. The van der Waals surface area contributed by atoms with Crippen molar-refractivity contribution < 1.29 is 19.1 Å². The standard InChI is InChI=1S/C19H22N4O3/c1-4-12-10-15(17(25-2)11-14(12)20)22-19(24)16-6-5-7-18(23(16)26-3)21-13-8-9-13/h4-7,10-11,13,20H,8-9H2,1-3H3,(H,22,24)/p+1/b12-4-,20-14?. The summed E-state index contributed by atoms with van der Waals surface area (Å²) in [5.74, 6) is 0.841. The van der Waals surface area contributed by atoms with Crippen LogP contribution in [-0.4, -0.2) is 31.9 Å². The molecule has 0 bridgehead atoms. The lowest BCUT2D eigenvalue weighted by Gasteiger charge is -2.18. The van der Waals surface area contributed by atoms with Crippen LogP contribution in [0.15, 0.2) is 53.5 Å². The van der Waals surface area contributed by atoms with Crippen molar-refractivity contribution in [2.75, 3.05) is 19.5 Å². The summed E-state index contributed by atoms with van der Waals surface area (Å²) in [7, 11) is 3.03. The predicted octanol–water partition coefficient (Wildman–Crippen LogP) is 1.73. The number of allylic oxidation sites excluding steroid dienone is 4. The van der Waals surface area contributed by atoms with E-state index in [4.69, 9.17) is 15.0 Å². The molecule has 7 nitrogen and oxygen atoms in total. The van der Waals surface area contributed by atoms with E-state index in [2.05, 4.69) is 10.6 Å². The largest absolute Gasteiger partial charge is 0.494 e. The number of ether oxygens (including phenoxy) is 1. The van der Waals surface area contributed by atoms with E-state index in [1.165, 1.54) is 19.0 Å². The number of rotatable bonds is 6. The molecule has 2 aliphatic carbocycles. The average molecular weight is 355 g/mol. The Morgan fingerprint density at radius 2 is 2.08 bits per heavy atom. The van der Waals surface area contributed by atoms with E-state index >= 15 is 0 Å². The fourth-order valence-electron chi connectivity index (χ4n) is 2.69. The smallest absolute Gasteiger partial charge is 0.315 e. The highest BCUT2D eigenvalue weighted by Gasteiger charge is 2.30. The molecule has 1 heterocycles. The molecule has 1 saturated carbocycles. The number of carbonyl (C=O) groups is 1. The number of nitrogens with zero attached hydrogens (tertiary/aromatic N) is 1. The Bertz CT molecular complexity index is 835. The lowest BCUT2D eigenvalue weighted by atomic mass is 10.0. The van der Waals surface area contributed by atoms with Crippen molar-refractivity contribution >= 4 is 17.4 Å². The number of methoxy groups -OCH3 is 1. The van der Waals surface area contributed by atoms with Crippen LogP contribution in [0.3, 0.4) is 0 Å². The van der Waals surface area contributed by atoms with Gasteiger partial charge in [-0.2, -0.15) is 0 Å². The van der Waals surface area contributed by atoms with Crippen LogP contribution in [0.4, 0.5) is 5.82 Å². The zero-order valence-electron chi connectivity index (χ0n) is 15.1. The number of hydrogen-bond acceptors (Lipinski definition) is 5. The molecule has 7 heteroatoms. The Morgan fingerprint density at radius 1 is 1.31 bits per heavy atom. The predicted molar refractivity (Wildman–Crippen MR) is 97.9 cm³/mol. The van der Waals surface area contributed by atoms with Crippen LogP contribution in [0.25, 0.3) is 0 Å². The summed E-state index contributed by atoms with van der Waals surface area (Å²) in [5.41, 5.74) is 1.91. The van der Waals surface area contributed by atoms with Gasteiger partial charge in [0.15, 0.2) is 0 Å². The summed E-state index contributed by atoms with van der Waals surface area (Å²) in [6.45, 7) is 1.84. The van der Waals surface area contributed by atoms with Gasteiger partial charge < -0.3 is 20.3 Å². The number of pyridine rings is 1. The van der Waals surface area contributed by atoms with Gasteiger partial charge in [-0.05, 0) is 48.3 Å². The zero-order valence-corrected chi connectivity index (χ0v) is 15.1. The van der Waals surface area contributed by atoms with Gasteiger partial charge in [-0.25, -0.2) is 0 Å². The third kappa shape index (κ3) is 3.61. The maximum absolute atomic E-state index is 12.8. The summed E-state index contributed by atoms with van der Waals surface area (Å²) < 4.78 is 6.78. The molecule has 1 fully saturated rings. The molecule has 2 aliphatic rings. The van der Waals surface area contributed by atoms with Gasteiger partial charge in [0.2, 0.25) is 5.69 Å². The van der Waals surface area contributed by atoms with Crippen molar-refractivity contribution in [2.45, 2.75) is 25.8 Å². The molecule has 0 spiro atoms. The topological polar surface area (TPSA) is 87.3 Å². The number of anilines is 1. The van der Waals surface area contributed by atoms with Crippen LogP contribution in [0, 0.1) is 5.41 Å². The number of hydrogen-bond donors (Lipinski definition) is 3. The van der Waals surface area contributed by atoms with Gasteiger partial charge in [0.05, 0.1) is 24.6 Å². The highest BCUT2D eigenvalue weighted by molar-refractivity contribution is 6.10. The first-order valence-electron chi connectivity index (χ1n) is 8.47. The zero-order chi connectivity index (χ0) is 18.7. The van der Waals surface area contributed by atoms with E-state index < -0.39 is 0 Å². The average Bonchev–Trinajstić information content (AvgIpc) is 3.46. The van der Waals surface area contributed by atoms with Gasteiger partial charge in [-0.15, -0.1) is 0 Å². The van der Waals surface area contributed by atoms with Crippen molar-refractivity contribution in [3.63, 3.8) is 0 Å². The van der Waals surface area contributed by atoms with Crippen molar-refractivity contribution in [1.29, 1.82) is 5.41 Å². The van der Waals surface area contributed by atoms with E-state index in [1.54, 1.807) is 18.2 Å². The minimum Gasteiger partial charge on any atom is -0.494 e. The number of amides is 1. The summed E-state index contributed by atoms with van der Waals surface area (Å²) >= 11 is 0. The highest BCUT2D eigenvalue weighted by Crippen LogP contribution is 2.23. The van der Waals surface area contributed by atoms with Crippen LogP contribution >= 0.6 is 0 Å². The van der Waals surface area contributed by atoms with E-state index in [0.717, 1.165) is 18.7 Å². The van der Waals surface area contributed by atoms with Gasteiger partial charge in [0.25, 0.3) is 5.91 Å².